The van der Waals surface area contributed by atoms with E-state index in [2.05, 4.69) is 15.4 Å². The van der Waals surface area contributed by atoms with Gasteiger partial charge in [-0.2, -0.15) is 5.10 Å². The Morgan fingerprint density at radius 2 is 1.86 bits per heavy atom. The van der Waals surface area contributed by atoms with Crippen molar-refractivity contribution in [2.75, 3.05) is 7.05 Å². The predicted molar refractivity (Wildman–Crippen MR) is 109 cm³/mol. The summed E-state index contributed by atoms with van der Waals surface area (Å²) in [4.78, 5) is 4.58. The molecule has 4 aromatic rings. The highest BCUT2D eigenvalue weighted by atomic mass is 19.1. The highest BCUT2D eigenvalue weighted by Gasteiger charge is 2.25. The molecule has 150 valence electrons. The molecule has 2 atom stereocenters. The Bertz CT molecular complexity index is 1210. The first-order valence-electron chi connectivity index (χ1n) is 10.0. The van der Waals surface area contributed by atoms with Crippen LogP contribution < -0.4 is 5.32 Å². The first-order valence-corrected chi connectivity index (χ1v) is 10.0. The Hall–Kier alpha value is -2.80. The molecular weight excluding hydrogens is 372 g/mol. The molecule has 1 N–H and O–H groups in total. The molecule has 7 heteroatoms. The van der Waals surface area contributed by atoms with E-state index in [1.54, 1.807) is 22.3 Å². The van der Waals surface area contributed by atoms with E-state index in [1.807, 2.05) is 25.5 Å². The van der Waals surface area contributed by atoms with E-state index in [4.69, 9.17) is 0 Å². The molecule has 0 radical (unpaired) electrons. The van der Waals surface area contributed by atoms with Crippen molar-refractivity contribution < 1.29 is 8.78 Å². The molecule has 0 saturated heterocycles. The molecule has 5 nitrogen and oxygen atoms in total. The van der Waals surface area contributed by atoms with Gasteiger partial charge in [-0.3, -0.25) is 4.68 Å². The quantitative estimate of drug-likeness (QED) is 0.559. The molecule has 2 unspecified atom stereocenters. The Balaban J connectivity index is 1.56. The monoisotopic (exact) mass is 395 g/mol. The number of pyridine rings is 1. The Labute approximate surface area is 167 Å². The zero-order valence-electron chi connectivity index (χ0n) is 16.5. The van der Waals surface area contributed by atoms with Crippen molar-refractivity contribution in [3.8, 4) is 11.1 Å². The van der Waals surface area contributed by atoms with Gasteiger partial charge in [0, 0.05) is 48.5 Å². The standard InChI is InChI=1S/C22H23F2N5/c1-25-17-5-3-4-13(7-17)20-12-29-11-15(9-19(24)22(29)26-20)14-6-16-10-28(2)27-21(16)18(23)8-14/h6,8-13,17,25H,3-5,7H2,1-2H3. The van der Waals surface area contributed by atoms with Gasteiger partial charge in [0.05, 0.1) is 5.69 Å². The van der Waals surface area contributed by atoms with Crippen LogP contribution in [0.5, 0.6) is 0 Å². The molecule has 1 fully saturated rings. The summed E-state index contributed by atoms with van der Waals surface area (Å²) in [5.74, 6) is -0.486. The second-order valence-electron chi connectivity index (χ2n) is 8.02. The largest absolute Gasteiger partial charge is 0.317 e. The summed E-state index contributed by atoms with van der Waals surface area (Å²) < 4.78 is 32.7. The van der Waals surface area contributed by atoms with E-state index in [0.717, 1.165) is 25.0 Å². The van der Waals surface area contributed by atoms with Crippen molar-refractivity contribution in [1.29, 1.82) is 0 Å². The van der Waals surface area contributed by atoms with Gasteiger partial charge in [-0.25, -0.2) is 13.8 Å². The number of rotatable bonds is 3. The van der Waals surface area contributed by atoms with E-state index < -0.39 is 11.6 Å². The van der Waals surface area contributed by atoms with Gasteiger partial charge in [0.25, 0.3) is 0 Å². The fourth-order valence-electron chi connectivity index (χ4n) is 4.53. The number of fused-ring (bicyclic) bond motifs is 2. The number of nitrogens with zero attached hydrogens (tertiary/aromatic N) is 4. The lowest BCUT2D eigenvalue weighted by atomic mass is 9.84. The average molecular weight is 395 g/mol. The zero-order chi connectivity index (χ0) is 20.1. The number of imidazole rings is 1. The number of hydrogen-bond acceptors (Lipinski definition) is 3. The van der Waals surface area contributed by atoms with Crippen LogP contribution in [0.3, 0.4) is 0 Å². The number of hydrogen-bond donors (Lipinski definition) is 1. The van der Waals surface area contributed by atoms with Crippen LogP contribution in [0.2, 0.25) is 0 Å². The Morgan fingerprint density at radius 3 is 2.69 bits per heavy atom. The first-order chi connectivity index (χ1) is 14.0. The fourth-order valence-corrected chi connectivity index (χ4v) is 4.53. The van der Waals surface area contributed by atoms with Crippen molar-refractivity contribution >= 4 is 16.6 Å². The maximum absolute atomic E-state index is 14.9. The average Bonchev–Trinajstić information content (AvgIpc) is 3.31. The molecule has 0 amide bonds. The van der Waals surface area contributed by atoms with Gasteiger partial charge in [0.1, 0.15) is 5.52 Å². The highest BCUT2D eigenvalue weighted by molar-refractivity contribution is 5.84. The van der Waals surface area contributed by atoms with Crippen molar-refractivity contribution in [2.45, 2.75) is 37.6 Å². The number of aromatic nitrogens is 4. The van der Waals surface area contributed by atoms with Gasteiger partial charge in [-0.05, 0) is 50.1 Å². The van der Waals surface area contributed by atoms with Crippen molar-refractivity contribution in [3.05, 3.63) is 54.1 Å². The van der Waals surface area contributed by atoms with Crippen molar-refractivity contribution in [2.24, 2.45) is 7.05 Å². The zero-order valence-corrected chi connectivity index (χ0v) is 16.5. The van der Waals surface area contributed by atoms with E-state index in [0.29, 0.717) is 39.6 Å². The second kappa shape index (κ2) is 6.91. The number of benzene rings is 1. The molecule has 1 saturated carbocycles. The minimum absolute atomic E-state index is 0.318. The molecule has 3 heterocycles. The van der Waals surface area contributed by atoms with Crippen LogP contribution >= 0.6 is 0 Å². The van der Waals surface area contributed by atoms with E-state index in [-0.39, 0.29) is 0 Å². The summed E-state index contributed by atoms with van der Waals surface area (Å²) in [6, 6.07) is 5.16. The SMILES string of the molecule is CNC1CCCC(c2cn3cc(-c4cc(F)c5nn(C)cc5c4)cc(F)c3n2)C1. The first kappa shape index (κ1) is 18.2. The predicted octanol–water partition coefficient (Wildman–Crippen LogP) is 4.41. The lowest BCUT2D eigenvalue weighted by Crippen LogP contribution is -2.30. The maximum Gasteiger partial charge on any atom is 0.173 e. The van der Waals surface area contributed by atoms with Gasteiger partial charge in [-0.1, -0.05) is 6.42 Å². The number of aryl methyl sites for hydroxylation is 1. The molecule has 0 spiro atoms. The molecule has 1 aliphatic rings. The second-order valence-corrected chi connectivity index (χ2v) is 8.02. The third-order valence-electron chi connectivity index (χ3n) is 6.04. The van der Waals surface area contributed by atoms with Crippen molar-refractivity contribution in [3.63, 3.8) is 0 Å². The van der Waals surface area contributed by atoms with Crippen LogP contribution in [0.15, 0.2) is 36.8 Å². The van der Waals surface area contributed by atoms with Gasteiger partial charge in [0.15, 0.2) is 17.3 Å². The van der Waals surface area contributed by atoms with Crippen LogP contribution in [0, 0.1) is 11.6 Å². The minimum Gasteiger partial charge on any atom is -0.317 e. The summed E-state index contributed by atoms with van der Waals surface area (Å²) >= 11 is 0. The van der Waals surface area contributed by atoms with E-state index in [1.165, 1.54) is 18.6 Å². The summed E-state index contributed by atoms with van der Waals surface area (Å²) in [6.45, 7) is 0. The molecule has 29 heavy (non-hydrogen) atoms. The Kier molecular flexibility index (Phi) is 4.35. The fraction of sp³-hybridized carbons (Fsp3) is 0.364. The molecular formula is C22H23F2N5. The van der Waals surface area contributed by atoms with Crippen LogP contribution in [0.4, 0.5) is 8.78 Å². The van der Waals surface area contributed by atoms with Crippen LogP contribution in [-0.4, -0.2) is 32.3 Å². The summed E-state index contributed by atoms with van der Waals surface area (Å²) in [6.07, 6.45) is 9.89. The molecule has 0 aliphatic heterocycles. The van der Waals surface area contributed by atoms with E-state index >= 15 is 0 Å². The van der Waals surface area contributed by atoms with E-state index in [9.17, 15) is 8.78 Å². The van der Waals surface area contributed by atoms with Gasteiger partial charge in [-0.15, -0.1) is 0 Å². The Morgan fingerprint density at radius 1 is 1.03 bits per heavy atom. The normalized spacial score (nSPS) is 20.0. The smallest absolute Gasteiger partial charge is 0.173 e. The lowest BCUT2D eigenvalue weighted by molar-refractivity contribution is 0.352. The van der Waals surface area contributed by atoms with Crippen LogP contribution in [0.1, 0.15) is 37.3 Å². The number of nitrogens with one attached hydrogen (secondary N) is 1. The van der Waals surface area contributed by atoms with Gasteiger partial charge < -0.3 is 9.72 Å². The summed E-state index contributed by atoms with van der Waals surface area (Å²) in [5.41, 5.74) is 2.79. The minimum atomic E-state index is -0.412. The van der Waals surface area contributed by atoms with Gasteiger partial charge in [0.2, 0.25) is 0 Å². The number of halogens is 2. The molecule has 0 bridgehead atoms. The van der Waals surface area contributed by atoms with Crippen LogP contribution in [0.25, 0.3) is 27.7 Å². The summed E-state index contributed by atoms with van der Waals surface area (Å²) in [5, 5.41) is 8.17. The topological polar surface area (TPSA) is 47.1 Å². The van der Waals surface area contributed by atoms with Crippen LogP contribution in [-0.2, 0) is 7.05 Å². The third kappa shape index (κ3) is 3.19. The molecule has 1 aromatic carbocycles. The molecule has 5 rings (SSSR count). The van der Waals surface area contributed by atoms with Gasteiger partial charge >= 0.3 is 0 Å². The summed E-state index contributed by atoms with van der Waals surface area (Å²) in [7, 11) is 3.74. The van der Waals surface area contributed by atoms with Crippen molar-refractivity contribution in [1.82, 2.24) is 24.5 Å². The highest BCUT2D eigenvalue weighted by Crippen LogP contribution is 2.34. The molecule has 1 aliphatic carbocycles. The maximum atomic E-state index is 14.9. The molecule has 3 aromatic heterocycles. The third-order valence-corrected chi connectivity index (χ3v) is 6.04. The lowest BCUT2D eigenvalue weighted by Gasteiger charge is -2.27.